The number of ether oxygens (including phenoxy) is 1. The zero-order valence-corrected chi connectivity index (χ0v) is 11.8. The second kappa shape index (κ2) is 3.88. The van der Waals surface area contributed by atoms with Gasteiger partial charge in [-0.15, -0.1) is 0 Å². The second-order valence-corrected chi connectivity index (χ2v) is 6.75. The van der Waals surface area contributed by atoms with Gasteiger partial charge in [0.15, 0.2) is 0 Å². The van der Waals surface area contributed by atoms with E-state index in [1.54, 1.807) is 0 Å². The van der Waals surface area contributed by atoms with Crippen molar-refractivity contribution in [1.29, 1.82) is 0 Å². The van der Waals surface area contributed by atoms with Crippen LogP contribution in [0.15, 0.2) is 12.1 Å². The predicted octanol–water partition coefficient (Wildman–Crippen LogP) is 3.43. The monoisotopic (exact) mass is 265 g/mol. The van der Waals surface area contributed by atoms with E-state index in [9.17, 15) is 0 Å². The second-order valence-electron chi connectivity index (χ2n) is 6.32. The van der Waals surface area contributed by atoms with Gasteiger partial charge in [0.25, 0.3) is 0 Å². The summed E-state index contributed by atoms with van der Waals surface area (Å²) in [5.74, 6) is 1.05. The van der Waals surface area contributed by atoms with Crippen molar-refractivity contribution < 1.29 is 4.74 Å². The minimum atomic E-state index is -0.124. The number of fused-ring (bicyclic) bond motifs is 1. The Labute approximate surface area is 113 Å². The number of benzene rings is 1. The van der Waals surface area contributed by atoms with Crippen molar-refractivity contribution in [2.24, 2.45) is 5.73 Å². The van der Waals surface area contributed by atoms with E-state index in [-0.39, 0.29) is 11.0 Å². The Bertz CT molecular complexity index is 486. The van der Waals surface area contributed by atoms with Crippen LogP contribution in [0.5, 0.6) is 5.75 Å². The Morgan fingerprint density at radius 2 is 2.06 bits per heavy atom. The minimum Gasteiger partial charge on any atom is -0.487 e. The molecule has 1 fully saturated rings. The van der Waals surface area contributed by atoms with Crippen LogP contribution in [0.3, 0.4) is 0 Å². The first-order valence-electron chi connectivity index (χ1n) is 6.68. The molecule has 1 saturated carbocycles. The summed E-state index contributed by atoms with van der Waals surface area (Å²) in [7, 11) is 0. The highest BCUT2D eigenvalue weighted by atomic mass is 35.5. The van der Waals surface area contributed by atoms with Crippen molar-refractivity contribution >= 4 is 11.6 Å². The van der Waals surface area contributed by atoms with Gasteiger partial charge in [0, 0.05) is 29.0 Å². The van der Waals surface area contributed by atoms with E-state index < -0.39 is 0 Å². The summed E-state index contributed by atoms with van der Waals surface area (Å²) in [6.07, 6.45) is 4.48. The molecule has 0 saturated heterocycles. The number of hydrogen-bond donors (Lipinski definition) is 1. The summed E-state index contributed by atoms with van der Waals surface area (Å²) >= 11 is 6.27. The van der Waals surface area contributed by atoms with Gasteiger partial charge in [0.1, 0.15) is 11.4 Å². The molecule has 3 rings (SSSR count). The molecular weight excluding hydrogens is 246 g/mol. The lowest BCUT2D eigenvalue weighted by Gasteiger charge is -2.42. The summed E-state index contributed by atoms with van der Waals surface area (Å²) in [5, 5.41) is 0.810. The average Bonchev–Trinajstić information content (AvgIpc) is 2.51. The van der Waals surface area contributed by atoms with Gasteiger partial charge in [-0.2, -0.15) is 0 Å². The third-order valence-corrected chi connectivity index (χ3v) is 4.62. The van der Waals surface area contributed by atoms with E-state index in [1.807, 2.05) is 6.07 Å². The van der Waals surface area contributed by atoms with Crippen molar-refractivity contribution in [2.75, 3.05) is 6.54 Å². The topological polar surface area (TPSA) is 35.2 Å². The molecule has 0 amide bonds. The van der Waals surface area contributed by atoms with Crippen LogP contribution >= 0.6 is 11.6 Å². The Kier molecular flexibility index (Phi) is 2.65. The van der Waals surface area contributed by atoms with Crippen molar-refractivity contribution in [3.8, 4) is 5.75 Å². The van der Waals surface area contributed by atoms with Crippen LogP contribution in [0.25, 0.3) is 0 Å². The lowest BCUT2D eigenvalue weighted by atomic mass is 9.64. The van der Waals surface area contributed by atoms with Gasteiger partial charge in [-0.25, -0.2) is 0 Å². The highest BCUT2D eigenvalue weighted by molar-refractivity contribution is 6.30. The molecule has 0 bridgehead atoms. The lowest BCUT2D eigenvalue weighted by molar-refractivity contribution is 0.131. The Balaban J connectivity index is 2.12. The third kappa shape index (κ3) is 1.74. The maximum atomic E-state index is 6.27. The van der Waals surface area contributed by atoms with Gasteiger partial charge in [-0.3, -0.25) is 0 Å². The van der Waals surface area contributed by atoms with E-state index >= 15 is 0 Å². The van der Waals surface area contributed by atoms with Crippen LogP contribution < -0.4 is 10.5 Å². The van der Waals surface area contributed by atoms with Gasteiger partial charge in [0.05, 0.1) is 0 Å². The fourth-order valence-corrected chi connectivity index (χ4v) is 3.49. The smallest absolute Gasteiger partial charge is 0.127 e. The number of hydrogen-bond acceptors (Lipinski definition) is 2. The normalized spacial score (nSPS) is 23.1. The van der Waals surface area contributed by atoms with E-state index in [2.05, 4.69) is 19.9 Å². The SMILES string of the molecule is CC1(C)Cc2cc(Cl)cc(C3(CN)CCC3)c2O1. The summed E-state index contributed by atoms with van der Waals surface area (Å²) < 4.78 is 6.15. The predicted molar refractivity (Wildman–Crippen MR) is 74.4 cm³/mol. The lowest BCUT2D eigenvalue weighted by Crippen LogP contribution is -2.42. The highest BCUT2D eigenvalue weighted by Crippen LogP contribution is 2.51. The first-order chi connectivity index (χ1) is 8.46. The molecular formula is C15H20ClNO. The molecule has 0 radical (unpaired) electrons. The third-order valence-electron chi connectivity index (χ3n) is 4.40. The van der Waals surface area contributed by atoms with Gasteiger partial charge in [-0.05, 0) is 44.4 Å². The number of rotatable bonds is 2. The van der Waals surface area contributed by atoms with Gasteiger partial charge >= 0.3 is 0 Å². The molecule has 1 aromatic carbocycles. The average molecular weight is 266 g/mol. The fraction of sp³-hybridized carbons (Fsp3) is 0.600. The highest BCUT2D eigenvalue weighted by Gasteiger charge is 2.43. The summed E-state index contributed by atoms with van der Waals surface area (Å²) in [4.78, 5) is 0. The molecule has 2 nitrogen and oxygen atoms in total. The van der Waals surface area contributed by atoms with Crippen molar-refractivity contribution in [3.63, 3.8) is 0 Å². The Morgan fingerprint density at radius 3 is 2.61 bits per heavy atom. The zero-order valence-electron chi connectivity index (χ0n) is 11.1. The number of nitrogens with two attached hydrogens (primary N) is 1. The van der Waals surface area contributed by atoms with Crippen LogP contribution in [0.2, 0.25) is 5.02 Å². The first-order valence-corrected chi connectivity index (χ1v) is 7.06. The molecule has 98 valence electrons. The molecule has 1 aliphatic heterocycles. The molecule has 0 atom stereocenters. The maximum Gasteiger partial charge on any atom is 0.127 e. The van der Waals surface area contributed by atoms with Crippen LogP contribution in [0.1, 0.15) is 44.2 Å². The maximum absolute atomic E-state index is 6.27. The van der Waals surface area contributed by atoms with Crippen LogP contribution in [0.4, 0.5) is 0 Å². The van der Waals surface area contributed by atoms with E-state index in [1.165, 1.54) is 17.5 Å². The molecule has 1 heterocycles. The van der Waals surface area contributed by atoms with E-state index in [0.717, 1.165) is 30.0 Å². The summed E-state index contributed by atoms with van der Waals surface area (Å²) in [6, 6.07) is 4.10. The van der Waals surface area contributed by atoms with E-state index in [4.69, 9.17) is 22.1 Å². The van der Waals surface area contributed by atoms with Crippen LogP contribution in [0, 0.1) is 0 Å². The van der Waals surface area contributed by atoms with Gasteiger partial charge < -0.3 is 10.5 Å². The van der Waals surface area contributed by atoms with Crippen molar-refractivity contribution in [2.45, 2.75) is 50.5 Å². The van der Waals surface area contributed by atoms with Crippen molar-refractivity contribution in [1.82, 2.24) is 0 Å². The quantitative estimate of drug-likeness (QED) is 0.889. The summed E-state index contributed by atoms with van der Waals surface area (Å²) in [6.45, 7) is 4.94. The standard InChI is InChI=1S/C15H20ClNO/c1-14(2)8-10-6-11(16)7-12(13(10)18-14)15(9-17)4-3-5-15/h6-7H,3-5,8-9,17H2,1-2H3. The van der Waals surface area contributed by atoms with Crippen LogP contribution in [-0.2, 0) is 11.8 Å². The van der Waals surface area contributed by atoms with Crippen molar-refractivity contribution in [3.05, 3.63) is 28.3 Å². The zero-order chi connectivity index (χ0) is 13.0. The minimum absolute atomic E-state index is 0.107. The fourth-order valence-electron chi connectivity index (χ4n) is 3.25. The molecule has 0 spiro atoms. The molecule has 0 unspecified atom stereocenters. The summed E-state index contributed by atoms with van der Waals surface area (Å²) in [5.41, 5.74) is 8.48. The largest absolute Gasteiger partial charge is 0.487 e. The molecule has 2 aliphatic rings. The Hall–Kier alpha value is -0.730. The molecule has 2 N–H and O–H groups in total. The molecule has 1 aromatic rings. The van der Waals surface area contributed by atoms with Crippen LogP contribution in [-0.4, -0.2) is 12.1 Å². The molecule has 3 heteroatoms. The molecule has 0 aromatic heterocycles. The van der Waals surface area contributed by atoms with E-state index in [0.29, 0.717) is 6.54 Å². The van der Waals surface area contributed by atoms with Gasteiger partial charge in [0.2, 0.25) is 0 Å². The molecule has 1 aliphatic carbocycles. The Morgan fingerprint density at radius 1 is 1.33 bits per heavy atom. The number of halogens is 1. The molecule has 18 heavy (non-hydrogen) atoms. The van der Waals surface area contributed by atoms with Gasteiger partial charge in [-0.1, -0.05) is 18.0 Å². The first kappa shape index (κ1) is 12.3.